The zero-order chi connectivity index (χ0) is 26.3. The number of rotatable bonds is 4. The second kappa shape index (κ2) is 8.54. The van der Waals surface area contributed by atoms with Crippen LogP contribution in [-0.4, -0.2) is 50.5 Å². The van der Waals surface area contributed by atoms with Crippen LogP contribution < -0.4 is 4.90 Å². The van der Waals surface area contributed by atoms with Crippen LogP contribution in [0.4, 0.5) is 5.69 Å². The summed E-state index contributed by atoms with van der Waals surface area (Å²) in [6.07, 6.45) is 6.49. The number of halogens is 1. The van der Waals surface area contributed by atoms with Gasteiger partial charge in [0.25, 0.3) is 0 Å². The molecule has 6 nitrogen and oxygen atoms in total. The maximum atomic E-state index is 13.7. The molecule has 2 fully saturated rings. The molecule has 0 N–H and O–H groups in total. The Morgan fingerprint density at radius 3 is 2.54 bits per heavy atom. The lowest BCUT2D eigenvalue weighted by Crippen LogP contribution is -2.58. The average Bonchev–Trinajstić information content (AvgIpc) is 3.31. The van der Waals surface area contributed by atoms with Gasteiger partial charge in [-0.25, -0.2) is 9.97 Å². The van der Waals surface area contributed by atoms with Gasteiger partial charge in [-0.05, 0) is 83.0 Å². The lowest BCUT2D eigenvalue weighted by molar-refractivity contribution is -0.123. The van der Waals surface area contributed by atoms with Crippen molar-refractivity contribution in [2.75, 3.05) is 18.0 Å². The molecule has 196 valence electrons. The third-order valence-electron chi connectivity index (χ3n) is 8.95. The summed E-state index contributed by atoms with van der Waals surface area (Å²) in [5.74, 6) is 0.208. The second-order valence-corrected chi connectivity index (χ2v) is 13.3. The number of benzene rings is 1. The summed E-state index contributed by atoms with van der Waals surface area (Å²) in [7, 11) is 0. The summed E-state index contributed by atoms with van der Waals surface area (Å²) in [5.41, 5.74) is 5.43. The number of carbonyl (C=O) groups is 1. The van der Waals surface area contributed by atoms with Crippen LogP contribution >= 0.6 is 11.6 Å². The predicted octanol–water partition coefficient (Wildman–Crippen LogP) is 6.61. The fraction of sp³-hybridized carbons (Fsp3) is 0.567. The first-order valence-electron chi connectivity index (χ1n) is 13.7. The first-order chi connectivity index (χ1) is 17.5. The van der Waals surface area contributed by atoms with E-state index in [9.17, 15) is 4.79 Å². The van der Waals surface area contributed by atoms with Crippen LogP contribution in [0.15, 0.2) is 30.6 Å². The molecule has 0 bridgehead atoms. The first-order valence-corrected chi connectivity index (χ1v) is 14.1. The van der Waals surface area contributed by atoms with Gasteiger partial charge in [0.1, 0.15) is 5.52 Å². The van der Waals surface area contributed by atoms with Crippen molar-refractivity contribution < 1.29 is 4.79 Å². The molecule has 0 atom stereocenters. The van der Waals surface area contributed by atoms with Crippen molar-refractivity contribution in [3.8, 4) is 11.3 Å². The molecule has 1 saturated carbocycles. The standard InChI is InChI=1S/C30H38ClN5O/c1-18(2)35-17-32-24-15-23(33-27(31)26(24)35)19-8-9-22-25(12-19)36(28(37)30(22,5)6)21-13-20(14-21)34-11-7-10-29(3,4)16-34/h8-9,12,15,17-18,20-21H,7,10-11,13-14,16H2,1-6H3. The van der Waals surface area contributed by atoms with Crippen molar-refractivity contribution in [3.05, 3.63) is 41.3 Å². The molecular formula is C30H38ClN5O. The summed E-state index contributed by atoms with van der Waals surface area (Å²) in [6, 6.07) is 9.40. The molecule has 2 aromatic heterocycles. The molecule has 0 unspecified atom stereocenters. The molecule has 37 heavy (non-hydrogen) atoms. The van der Waals surface area contributed by atoms with Gasteiger partial charge in [0, 0.05) is 35.9 Å². The highest BCUT2D eigenvalue weighted by molar-refractivity contribution is 6.34. The van der Waals surface area contributed by atoms with Crippen LogP contribution in [0, 0.1) is 5.41 Å². The van der Waals surface area contributed by atoms with E-state index in [0.29, 0.717) is 16.6 Å². The lowest BCUT2D eigenvalue weighted by atomic mass is 9.78. The SMILES string of the molecule is CC(C)n1cnc2cc(-c3ccc4c(c3)N(C3CC(N5CCCC(C)(C)C5)C3)C(=O)C4(C)C)nc(Cl)c21. The first kappa shape index (κ1) is 24.9. The molecule has 3 aliphatic rings. The summed E-state index contributed by atoms with van der Waals surface area (Å²) >= 11 is 6.67. The van der Waals surface area contributed by atoms with Gasteiger partial charge in [-0.2, -0.15) is 0 Å². The average molecular weight is 520 g/mol. The molecule has 2 aliphatic heterocycles. The zero-order valence-electron chi connectivity index (χ0n) is 22.9. The maximum Gasteiger partial charge on any atom is 0.237 e. The number of amides is 1. The number of likely N-dealkylation sites (tertiary alicyclic amines) is 1. The summed E-state index contributed by atoms with van der Waals surface area (Å²) < 4.78 is 2.05. The van der Waals surface area contributed by atoms with E-state index in [0.717, 1.165) is 52.9 Å². The number of fused-ring (bicyclic) bond motifs is 2. The highest BCUT2D eigenvalue weighted by Gasteiger charge is 2.50. The van der Waals surface area contributed by atoms with Crippen LogP contribution in [0.25, 0.3) is 22.3 Å². The van der Waals surface area contributed by atoms with E-state index in [-0.39, 0.29) is 18.0 Å². The van der Waals surface area contributed by atoms with Crippen LogP contribution in [0.2, 0.25) is 5.15 Å². The number of nitrogens with zero attached hydrogens (tertiary/aromatic N) is 5. The number of carbonyl (C=O) groups excluding carboxylic acids is 1. The topological polar surface area (TPSA) is 54.3 Å². The van der Waals surface area contributed by atoms with Crippen LogP contribution in [0.1, 0.15) is 78.8 Å². The number of imidazole rings is 1. The van der Waals surface area contributed by atoms with E-state index in [1.807, 2.05) is 12.4 Å². The third-order valence-corrected chi connectivity index (χ3v) is 9.21. The van der Waals surface area contributed by atoms with Crippen molar-refractivity contribution in [2.45, 2.75) is 90.8 Å². The van der Waals surface area contributed by atoms with Gasteiger partial charge in [0.15, 0.2) is 5.15 Å². The predicted molar refractivity (Wildman–Crippen MR) is 150 cm³/mol. The summed E-state index contributed by atoms with van der Waals surface area (Å²) in [4.78, 5) is 27.8. The molecule has 7 heteroatoms. The Kier molecular flexibility index (Phi) is 5.74. The quantitative estimate of drug-likeness (QED) is 0.364. The van der Waals surface area contributed by atoms with E-state index >= 15 is 0 Å². The van der Waals surface area contributed by atoms with Gasteiger partial charge in [0.2, 0.25) is 5.91 Å². The Hall–Kier alpha value is -2.44. The molecule has 4 heterocycles. The summed E-state index contributed by atoms with van der Waals surface area (Å²) in [5, 5.41) is 0.457. The smallest absolute Gasteiger partial charge is 0.237 e. The molecule has 3 aromatic rings. The van der Waals surface area contributed by atoms with E-state index in [2.05, 4.69) is 79.1 Å². The number of aromatic nitrogens is 3. The minimum absolute atomic E-state index is 0.208. The number of pyridine rings is 1. The molecule has 0 radical (unpaired) electrons. The highest BCUT2D eigenvalue weighted by Crippen LogP contribution is 2.48. The molecular weight excluding hydrogens is 482 g/mol. The molecule has 1 aromatic carbocycles. The number of hydrogen-bond acceptors (Lipinski definition) is 4. The van der Waals surface area contributed by atoms with Gasteiger partial charge in [-0.1, -0.05) is 37.6 Å². The van der Waals surface area contributed by atoms with Crippen molar-refractivity contribution in [1.82, 2.24) is 19.4 Å². The van der Waals surface area contributed by atoms with E-state index in [1.165, 1.54) is 19.4 Å². The van der Waals surface area contributed by atoms with Gasteiger partial charge in [0.05, 0.1) is 23.0 Å². The Bertz CT molecular complexity index is 1380. The minimum atomic E-state index is -0.531. The van der Waals surface area contributed by atoms with E-state index in [4.69, 9.17) is 16.6 Å². The monoisotopic (exact) mass is 519 g/mol. The Morgan fingerprint density at radius 2 is 1.84 bits per heavy atom. The molecule has 1 amide bonds. The fourth-order valence-corrected chi connectivity index (χ4v) is 6.99. The fourth-order valence-electron chi connectivity index (χ4n) is 6.71. The largest absolute Gasteiger partial charge is 0.326 e. The van der Waals surface area contributed by atoms with Gasteiger partial charge in [-0.15, -0.1) is 0 Å². The van der Waals surface area contributed by atoms with Crippen molar-refractivity contribution in [3.63, 3.8) is 0 Å². The van der Waals surface area contributed by atoms with Gasteiger partial charge in [-0.3, -0.25) is 9.69 Å². The maximum absolute atomic E-state index is 13.7. The molecule has 0 spiro atoms. The Labute approximate surface area is 225 Å². The van der Waals surface area contributed by atoms with E-state index in [1.54, 1.807) is 0 Å². The molecule has 1 saturated heterocycles. The second-order valence-electron chi connectivity index (χ2n) is 13.0. The number of piperidine rings is 1. The number of anilines is 1. The minimum Gasteiger partial charge on any atom is -0.326 e. The van der Waals surface area contributed by atoms with Gasteiger partial charge >= 0.3 is 0 Å². The van der Waals surface area contributed by atoms with Gasteiger partial charge < -0.3 is 9.47 Å². The summed E-state index contributed by atoms with van der Waals surface area (Å²) in [6.45, 7) is 15.4. The van der Waals surface area contributed by atoms with Crippen molar-refractivity contribution in [1.29, 1.82) is 0 Å². The van der Waals surface area contributed by atoms with Crippen LogP contribution in [0.5, 0.6) is 0 Å². The van der Waals surface area contributed by atoms with Crippen molar-refractivity contribution >= 4 is 34.2 Å². The van der Waals surface area contributed by atoms with E-state index < -0.39 is 5.41 Å². The van der Waals surface area contributed by atoms with Crippen LogP contribution in [0.3, 0.4) is 0 Å². The molecule has 1 aliphatic carbocycles. The Morgan fingerprint density at radius 1 is 1.08 bits per heavy atom. The number of hydrogen-bond donors (Lipinski definition) is 0. The third kappa shape index (κ3) is 3.99. The van der Waals surface area contributed by atoms with Crippen molar-refractivity contribution in [2.24, 2.45) is 5.41 Å². The zero-order valence-corrected chi connectivity index (χ0v) is 23.6. The lowest BCUT2D eigenvalue weighted by Gasteiger charge is -2.50. The highest BCUT2D eigenvalue weighted by atomic mass is 35.5. The van der Waals surface area contributed by atoms with Crippen LogP contribution in [-0.2, 0) is 10.2 Å². The Balaban J connectivity index is 1.31. The normalized spacial score (nSPS) is 25.1. The molecule has 6 rings (SSSR count).